The van der Waals surface area contributed by atoms with E-state index in [0.29, 0.717) is 5.69 Å². The fraction of sp³-hybridized carbons (Fsp3) is 0.333. The van der Waals surface area contributed by atoms with Gasteiger partial charge in [-0.1, -0.05) is 0 Å². The summed E-state index contributed by atoms with van der Waals surface area (Å²) in [6.07, 6.45) is 3.14. The Morgan fingerprint density at radius 3 is 2.65 bits per heavy atom. The van der Waals surface area contributed by atoms with E-state index in [-0.39, 0.29) is 5.75 Å². The number of aromatic nitrogens is 1. The van der Waals surface area contributed by atoms with Crippen LogP contribution in [-0.4, -0.2) is 19.2 Å². The summed E-state index contributed by atoms with van der Waals surface area (Å²) in [5.74, 6) is 0.0555. The highest BCUT2D eigenvalue weighted by molar-refractivity contribution is 7.89. The number of aryl methyl sites for hydroxylation is 1. The molecule has 0 saturated carbocycles. The van der Waals surface area contributed by atoms with Crippen LogP contribution in [0.15, 0.2) is 24.4 Å². The van der Waals surface area contributed by atoms with E-state index < -0.39 is 9.84 Å². The third-order valence-electron chi connectivity index (χ3n) is 2.75. The van der Waals surface area contributed by atoms with Crippen molar-refractivity contribution in [3.05, 3.63) is 30.0 Å². The fourth-order valence-electron chi connectivity index (χ4n) is 2.05. The molecule has 2 aromatic rings. The molecule has 0 radical (unpaired) electrons. The molecule has 17 heavy (non-hydrogen) atoms. The molecule has 0 fully saturated rings. The Bertz CT molecular complexity index is 656. The number of benzene rings is 1. The lowest BCUT2D eigenvalue weighted by atomic mass is 10.2. The van der Waals surface area contributed by atoms with Crippen LogP contribution in [-0.2, 0) is 22.1 Å². The molecule has 0 saturated heterocycles. The molecule has 0 bridgehead atoms. The van der Waals surface area contributed by atoms with E-state index >= 15 is 0 Å². The number of sulfone groups is 1. The van der Waals surface area contributed by atoms with Gasteiger partial charge in [0.05, 0.1) is 5.75 Å². The Labute approximate surface area is 101 Å². The zero-order valence-electron chi connectivity index (χ0n) is 9.97. The Kier molecular flexibility index (Phi) is 2.87. The zero-order chi connectivity index (χ0) is 12.6. The highest BCUT2D eigenvalue weighted by Crippen LogP contribution is 2.25. The van der Waals surface area contributed by atoms with Gasteiger partial charge in [0, 0.05) is 35.6 Å². The minimum absolute atomic E-state index is 0.0555. The molecule has 0 aliphatic rings. The summed E-state index contributed by atoms with van der Waals surface area (Å²) in [5, 5.41) is 0.928. The number of hydrogen-bond acceptors (Lipinski definition) is 3. The van der Waals surface area contributed by atoms with Crippen molar-refractivity contribution < 1.29 is 8.42 Å². The standard InChI is InChI=1S/C12H16N2O2S/c1-3-14-7-9(8-17(2,15)16)11-6-10(13)4-5-12(11)14/h4-7H,3,8,13H2,1-2H3. The molecular weight excluding hydrogens is 236 g/mol. The van der Waals surface area contributed by atoms with Crippen molar-refractivity contribution in [2.75, 3.05) is 12.0 Å². The molecule has 1 aromatic heterocycles. The molecule has 92 valence electrons. The normalized spacial score (nSPS) is 12.1. The van der Waals surface area contributed by atoms with Gasteiger partial charge < -0.3 is 10.3 Å². The molecule has 2 N–H and O–H groups in total. The predicted octanol–water partition coefficient (Wildman–Crippen LogP) is 1.79. The molecular formula is C12H16N2O2S. The van der Waals surface area contributed by atoms with Gasteiger partial charge >= 0.3 is 0 Å². The van der Waals surface area contributed by atoms with Crippen LogP contribution in [0.3, 0.4) is 0 Å². The second-order valence-corrected chi connectivity index (χ2v) is 6.43. The second-order valence-electron chi connectivity index (χ2n) is 4.29. The molecule has 2 rings (SSSR count). The van der Waals surface area contributed by atoms with Gasteiger partial charge in [-0.25, -0.2) is 8.42 Å². The van der Waals surface area contributed by atoms with Crippen molar-refractivity contribution in [1.82, 2.24) is 4.57 Å². The molecule has 1 aromatic carbocycles. The SMILES string of the molecule is CCn1cc(CS(C)(=O)=O)c2cc(N)ccc21. The zero-order valence-corrected chi connectivity index (χ0v) is 10.8. The van der Waals surface area contributed by atoms with Crippen LogP contribution in [0.5, 0.6) is 0 Å². The molecule has 0 aliphatic heterocycles. The van der Waals surface area contributed by atoms with E-state index in [2.05, 4.69) is 0 Å². The molecule has 4 nitrogen and oxygen atoms in total. The number of rotatable bonds is 3. The molecule has 0 atom stereocenters. The van der Waals surface area contributed by atoms with Gasteiger partial charge in [0.1, 0.15) is 0 Å². The Balaban J connectivity index is 2.66. The van der Waals surface area contributed by atoms with Crippen molar-refractivity contribution in [1.29, 1.82) is 0 Å². The Morgan fingerprint density at radius 2 is 2.06 bits per heavy atom. The number of nitrogens with zero attached hydrogens (tertiary/aromatic N) is 1. The summed E-state index contributed by atoms with van der Waals surface area (Å²) in [6, 6.07) is 5.60. The van der Waals surface area contributed by atoms with Crippen LogP contribution >= 0.6 is 0 Å². The first kappa shape index (κ1) is 12.0. The van der Waals surface area contributed by atoms with Crippen LogP contribution in [0.25, 0.3) is 10.9 Å². The summed E-state index contributed by atoms with van der Waals surface area (Å²) in [5.41, 5.74) is 8.25. The second kappa shape index (κ2) is 4.07. The first-order valence-corrected chi connectivity index (χ1v) is 7.51. The quantitative estimate of drug-likeness (QED) is 0.847. The number of fused-ring (bicyclic) bond motifs is 1. The maximum atomic E-state index is 11.4. The van der Waals surface area contributed by atoms with Gasteiger partial charge in [-0.05, 0) is 30.7 Å². The van der Waals surface area contributed by atoms with Crippen LogP contribution < -0.4 is 5.73 Å². The summed E-state index contributed by atoms with van der Waals surface area (Å²) >= 11 is 0. The predicted molar refractivity (Wildman–Crippen MR) is 70.6 cm³/mol. The van der Waals surface area contributed by atoms with Crippen LogP contribution in [0, 0.1) is 0 Å². The third-order valence-corrected chi connectivity index (χ3v) is 3.58. The van der Waals surface area contributed by atoms with Crippen LogP contribution in [0.4, 0.5) is 5.69 Å². The maximum Gasteiger partial charge on any atom is 0.151 e. The largest absolute Gasteiger partial charge is 0.399 e. The van der Waals surface area contributed by atoms with Gasteiger partial charge in [0.25, 0.3) is 0 Å². The molecule has 0 amide bonds. The molecule has 0 aliphatic carbocycles. The van der Waals surface area contributed by atoms with E-state index in [9.17, 15) is 8.42 Å². The summed E-state index contributed by atoms with van der Waals surface area (Å²) in [4.78, 5) is 0. The van der Waals surface area contributed by atoms with E-state index in [4.69, 9.17) is 5.73 Å². The van der Waals surface area contributed by atoms with E-state index in [1.54, 1.807) is 0 Å². The van der Waals surface area contributed by atoms with Crippen molar-refractivity contribution in [2.45, 2.75) is 19.2 Å². The van der Waals surface area contributed by atoms with Crippen LogP contribution in [0.1, 0.15) is 12.5 Å². The highest BCUT2D eigenvalue weighted by atomic mass is 32.2. The Hall–Kier alpha value is -1.49. The van der Waals surface area contributed by atoms with Gasteiger partial charge in [-0.2, -0.15) is 0 Å². The minimum Gasteiger partial charge on any atom is -0.399 e. The highest BCUT2D eigenvalue weighted by Gasteiger charge is 2.12. The van der Waals surface area contributed by atoms with Gasteiger partial charge in [-0.3, -0.25) is 0 Å². The van der Waals surface area contributed by atoms with Crippen molar-refractivity contribution in [2.24, 2.45) is 0 Å². The van der Waals surface area contributed by atoms with Crippen molar-refractivity contribution in [3.63, 3.8) is 0 Å². The first-order valence-electron chi connectivity index (χ1n) is 5.45. The smallest absolute Gasteiger partial charge is 0.151 e. The van der Waals surface area contributed by atoms with E-state index in [1.165, 1.54) is 6.26 Å². The summed E-state index contributed by atoms with van der Waals surface area (Å²) in [6.45, 7) is 2.84. The third kappa shape index (κ3) is 2.44. The lowest BCUT2D eigenvalue weighted by Crippen LogP contribution is -2.00. The van der Waals surface area contributed by atoms with Gasteiger partial charge in [-0.15, -0.1) is 0 Å². The number of nitrogen functional groups attached to an aromatic ring is 1. The summed E-state index contributed by atoms with van der Waals surface area (Å²) < 4.78 is 24.8. The molecule has 5 heteroatoms. The number of hydrogen-bond donors (Lipinski definition) is 1. The van der Waals surface area contributed by atoms with E-state index in [0.717, 1.165) is 23.0 Å². The monoisotopic (exact) mass is 252 g/mol. The van der Waals surface area contributed by atoms with Crippen molar-refractivity contribution >= 4 is 26.4 Å². The lowest BCUT2D eigenvalue weighted by Gasteiger charge is -2.00. The maximum absolute atomic E-state index is 11.4. The number of nitrogens with two attached hydrogens (primary N) is 1. The minimum atomic E-state index is -3.03. The fourth-order valence-corrected chi connectivity index (χ4v) is 2.84. The van der Waals surface area contributed by atoms with Gasteiger partial charge in [0.2, 0.25) is 0 Å². The topological polar surface area (TPSA) is 65.1 Å². The average molecular weight is 252 g/mol. The average Bonchev–Trinajstić information content (AvgIpc) is 2.54. The Morgan fingerprint density at radius 1 is 1.35 bits per heavy atom. The van der Waals surface area contributed by atoms with Gasteiger partial charge in [0.15, 0.2) is 9.84 Å². The molecule has 0 unspecified atom stereocenters. The lowest BCUT2D eigenvalue weighted by molar-refractivity contribution is 0.601. The summed E-state index contributed by atoms with van der Waals surface area (Å²) in [7, 11) is -3.03. The molecule has 1 heterocycles. The first-order chi connectivity index (χ1) is 7.90. The number of anilines is 1. The van der Waals surface area contributed by atoms with Crippen LogP contribution in [0.2, 0.25) is 0 Å². The van der Waals surface area contributed by atoms with E-state index in [1.807, 2.05) is 35.9 Å². The molecule has 0 spiro atoms. The van der Waals surface area contributed by atoms with Crippen molar-refractivity contribution in [3.8, 4) is 0 Å².